The minimum Gasteiger partial charge on any atom is -0.496 e. The Morgan fingerprint density at radius 2 is 2.31 bits per heavy atom. The summed E-state index contributed by atoms with van der Waals surface area (Å²) in [7, 11) is 1.64. The Morgan fingerprint density at radius 3 is 3.00 bits per heavy atom. The molecule has 4 heteroatoms. The van der Waals surface area contributed by atoms with Crippen molar-refractivity contribution in [3.05, 3.63) is 29.3 Å². The molecule has 1 atom stereocenters. The van der Waals surface area contributed by atoms with Crippen molar-refractivity contribution in [2.75, 3.05) is 7.11 Å². The number of hydrogen-bond acceptors (Lipinski definition) is 4. The highest BCUT2D eigenvalue weighted by atomic mass is 16.7. The SMILES string of the molecule is COc1cccc2c1CC(C(=O)ON)CC2. The van der Waals surface area contributed by atoms with Gasteiger partial charge in [0.1, 0.15) is 5.75 Å². The van der Waals surface area contributed by atoms with Crippen LogP contribution in [0.25, 0.3) is 0 Å². The van der Waals surface area contributed by atoms with Gasteiger partial charge in [-0.3, -0.25) is 4.79 Å². The van der Waals surface area contributed by atoms with E-state index in [2.05, 4.69) is 10.9 Å². The second-order valence-electron chi connectivity index (χ2n) is 3.97. The van der Waals surface area contributed by atoms with Crippen LogP contribution in [0.15, 0.2) is 18.2 Å². The van der Waals surface area contributed by atoms with Crippen molar-refractivity contribution in [3.63, 3.8) is 0 Å². The fourth-order valence-electron chi connectivity index (χ4n) is 2.24. The van der Waals surface area contributed by atoms with Gasteiger partial charge >= 0.3 is 5.97 Å². The standard InChI is InChI=1S/C12H15NO3/c1-15-11-4-2-3-8-5-6-9(7-10(8)11)12(14)16-13/h2-4,9H,5-7,13H2,1H3. The van der Waals surface area contributed by atoms with Crippen LogP contribution in [0.3, 0.4) is 0 Å². The number of methoxy groups -OCH3 is 1. The van der Waals surface area contributed by atoms with Gasteiger partial charge in [0.25, 0.3) is 0 Å². The van der Waals surface area contributed by atoms with Crippen LogP contribution in [0.2, 0.25) is 0 Å². The van der Waals surface area contributed by atoms with E-state index in [0.29, 0.717) is 6.42 Å². The lowest BCUT2D eigenvalue weighted by atomic mass is 9.83. The topological polar surface area (TPSA) is 61.5 Å². The Balaban J connectivity index is 2.27. The van der Waals surface area contributed by atoms with E-state index in [9.17, 15) is 4.79 Å². The summed E-state index contributed by atoms with van der Waals surface area (Å²) in [6.45, 7) is 0. The molecule has 16 heavy (non-hydrogen) atoms. The molecular formula is C12H15NO3. The van der Waals surface area contributed by atoms with Crippen LogP contribution >= 0.6 is 0 Å². The number of fused-ring (bicyclic) bond motifs is 1. The Hall–Kier alpha value is -1.55. The van der Waals surface area contributed by atoms with Crippen LogP contribution in [0.1, 0.15) is 17.5 Å². The maximum Gasteiger partial charge on any atom is 0.327 e. The van der Waals surface area contributed by atoms with E-state index in [1.165, 1.54) is 5.56 Å². The van der Waals surface area contributed by atoms with Crippen molar-refractivity contribution in [1.82, 2.24) is 0 Å². The number of hydrogen-bond donors (Lipinski definition) is 1. The molecule has 0 aromatic heterocycles. The molecule has 0 saturated carbocycles. The second kappa shape index (κ2) is 4.53. The summed E-state index contributed by atoms with van der Waals surface area (Å²) in [5.41, 5.74) is 2.35. The van der Waals surface area contributed by atoms with Gasteiger partial charge in [-0.15, -0.1) is 0 Å². The number of aryl methyl sites for hydroxylation is 1. The zero-order valence-electron chi connectivity index (χ0n) is 9.23. The highest BCUT2D eigenvalue weighted by Gasteiger charge is 2.27. The zero-order valence-corrected chi connectivity index (χ0v) is 9.23. The van der Waals surface area contributed by atoms with Gasteiger partial charge in [0.2, 0.25) is 0 Å². The predicted octanol–water partition coefficient (Wildman–Crippen LogP) is 1.22. The van der Waals surface area contributed by atoms with E-state index in [-0.39, 0.29) is 11.9 Å². The Bertz CT molecular complexity index is 389. The van der Waals surface area contributed by atoms with E-state index in [1.54, 1.807) is 7.11 Å². The van der Waals surface area contributed by atoms with Crippen molar-refractivity contribution in [2.45, 2.75) is 19.3 Å². The molecule has 0 aliphatic heterocycles. The predicted molar refractivity (Wildman–Crippen MR) is 58.8 cm³/mol. The van der Waals surface area contributed by atoms with Gasteiger partial charge in [0, 0.05) is 0 Å². The van der Waals surface area contributed by atoms with Crippen molar-refractivity contribution in [2.24, 2.45) is 11.8 Å². The first-order valence-corrected chi connectivity index (χ1v) is 5.31. The van der Waals surface area contributed by atoms with Crippen molar-refractivity contribution in [3.8, 4) is 5.75 Å². The molecule has 0 bridgehead atoms. The van der Waals surface area contributed by atoms with E-state index in [0.717, 1.165) is 24.2 Å². The van der Waals surface area contributed by atoms with Crippen LogP contribution in [0.5, 0.6) is 5.75 Å². The molecule has 0 heterocycles. The van der Waals surface area contributed by atoms with Gasteiger partial charge in [-0.25, -0.2) is 0 Å². The average molecular weight is 221 g/mol. The lowest BCUT2D eigenvalue weighted by Gasteiger charge is -2.23. The van der Waals surface area contributed by atoms with E-state index in [1.807, 2.05) is 12.1 Å². The first-order valence-electron chi connectivity index (χ1n) is 5.31. The quantitative estimate of drug-likeness (QED) is 0.763. The summed E-state index contributed by atoms with van der Waals surface area (Å²) in [5, 5.41) is 0. The van der Waals surface area contributed by atoms with Gasteiger partial charge in [-0.1, -0.05) is 12.1 Å². The summed E-state index contributed by atoms with van der Waals surface area (Å²) in [6, 6.07) is 5.95. The summed E-state index contributed by atoms with van der Waals surface area (Å²) in [5.74, 6) is 5.27. The maximum atomic E-state index is 11.4. The number of benzene rings is 1. The summed E-state index contributed by atoms with van der Waals surface area (Å²) >= 11 is 0. The maximum absolute atomic E-state index is 11.4. The largest absolute Gasteiger partial charge is 0.496 e. The molecule has 1 aliphatic rings. The molecule has 1 unspecified atom stereocenters. The molecule has 0 spiro atoms. The van der Waals surface area contributed by atoms with Crippen LogP contribution in [-0.4, -0.2) is 13.1 Å². The highest BCUT2D eigenvalue weighted by molar-refractivity contribution is 5.73. The Kier molecular flexibility index (Phi) is 3.10. The average Bonchev–Trinajstić information content (AvgIpc) is 2.36. The normalized spacial score (nSPS) is 18.8. The highest BCUT2D eigenvalue weighted by Crippen LogP contribution is 2.32. The third-order valence-electron chi connectivity index (χ3n) is 3.11. The third kappa shape index (κ3) is 1.88. The molecule has 0 amide bonds. The van der Waals surface area contributed by atoms with Gasteiger partial charge in [-0.05, 0) is 36.5 Å². The molecule has 1 aromatic rings. The number of ether oxygens (including phenoxy) is 1. The molecule has 2 N–H and O–H groups in total. The van der Waals surface area contributed by atoms with Gasteiger partial charge in [0.15, 0.2) is 0 Å². The molecule has 0 fully saturated rings. The Morgan fingerprint density at radius 1 is 1.50 bits per heavy atom. The first-order chi connectivity index (χ1) is 7.76. The van der Waals surface area contributed by atoms with Crippen molar-refractivity contribution < 1.29 is 14.4 Å². The van der Waals surface area contributed by atoms with Crippen LogP contribution in [-0.2, 0) is 22.5 Å². The minimum atomic E-state index is -0.337. The monoisotopic (exact) mass is 221 g/mol. The smallest absolute Gasteiger partial charge is 0.327 e. The van der Waals surface area contributed by atoms with Crippen LogP contribution < -0.4 is 10.6 Å². The second-order valence-corrected chi connectivity index (χ2v) is 3.97. The minimum absolute atomic E-state index is 0.145. The zero-order chi connectivity index (χ0) is 11.5. The van der Waals surface area contributed by atoms with Gasteiger partial charge < -0.3 is 9.57 Å². The van der Waals surface area contributed by atoms with E-state index in [4.69, 9.17) is 10.6 Å². The fourth-order valence-corrected chi connectivity index (χ4v) is 2.24. The van der Waals surface area contributed by atoms with Gasteiger partial charge in [0.05, 0.1) is 13.0 Å². The summed E-state index contributed by atoms with van der Waals surface area (Å²) in [4.78, 5) is 15.7. The molecule has 1 aromatic carbocycles. The lowest BCUT2D eigenvalue weighted by molar-refractivity contribution is -0.149. The molecule has 0 radical (unpaired) electrons. The lowest BCUT2D eigenvalue weighted by Crippen LogP contribution is -2.26. The van der Waals surface area contributed by atoms with Crippen molar-refractivity contribution >= 4 is 5.97 Å². The Labute approximate surface area is 94.3 Å². The van der Waals surface area contributed by atoms with E-state index >= 15 is 0 Å². The number of carbonyl (C=O) groups is 1. The molecular weight excluding hydrogens is 206 g/mol. The molecule has 4 nitrogen and oxygen atoms in total. The summed E-state index contributed by atoms with van der Waals surface area (Å²) < 4.78 is 5.29. The first kappa shape index (κ1) is 11.0. The van der Waals surface area contributed by atoms with Crippen molar-refractivity contribution in [1.29, 1.82) is 0 Å². The molecule has 86 valence electrons. The number of nitrogens with two attached hydrogens (primary N) is 1. The van der Waals surface area contributed by atoms with Crippen LogP contribution in [0.4, 0.5) is 0 Å². The number of carbonyl (C=O) groups excluding carboxylic acids is 1. The molecule has 0 saturated heterocycles. The number of rotatable bonds is 2. The fraction of sp³-hybridized carbons (Fsp3) is 0.417. The van der Waals surface area contributed by atoms with Crippen LogP contribution in [0, 0.1) is 5.92 Å². The van der Waals surface area contributed by atoms with Gasteiger partial charge in [-0.2, -0.15) is 5.90 Å². The third-order valence-corrected chi connectivity index (χ3v) is 3.11. The van der Waals surface area contributed by atoms with E-state index < -0.39 is 0 Å². The molecule has 2 rings (SSSR count). The molecule has 1 aliphatic carbocycles. The summed E-state index contributed by atoms with van der Waals surface area (Å²) in [6.07, 6.45) is 2.30.